The fraction of sp³-hybridized carbons (Fsp3) is 0.500. The number of aldehydes is 1. The van der Waals surface area contributed by atoms with Gasteiger partial charge in [-0.2, -0.15) is 0 Å². The lowest BCUT2D eigenvalue weighted by Gasteiger charge is -2.34. The molecule has 1 aromatic rings. The van der Waals surface area contributed by atoms with Crippen molar-refractivity contribution in [3.63, 3.8) is 0 Å². The third-order valence-electron chi connectivity index (χ3n) is 4.44. The van der Waals surface area contributed by atoms with Gasteiger partial charge in [-0.25, -0.2) is 10.6 Å². The molecule has 0 radical (unpaired) electrons. The molecule has 0 aliphatic rings. The summed E-state index contributed by atoms with van der Waals surface area (Å²) in [6.45, 7) is 7.14. The molecule has 166 valence electrons. The Morgan fingerprint density at radius 1 is 1.27 bits per heavy atom. The molecular formula is C20H31N5O4S. The standard InChI is InChI=1S/C20H31N5O4S/c1-14(13-26)25(21)17(27)16(11-8-12-24(19(28)29)20(2,3)4)23-18(30)22-15-9-6-5-7-10-15/h5-7,9-10,13-14,16H,8,11-12,21H2,1-4H3,(H,28,29)(H2,22,23,30)/t14?,16-/m0/s1. The van der Waals surface area contributed by atoms with E-state index in [0.29, 0.717) is 12.7 Å². The van der Waals surface area contributed by atoms with Crippen molar-refractivity contribution in [3.05, 3.63) is 30.3 Å². The first kappa shape index (κ1) is 25.3. The summed E-state index contributed by atoms with van der Waals surface area (Å²) in [5, 5.41) is 16.4. The maximum Gasteiger partial charge on any atom is 0.407 e. The van der Waals surface area contributed by atoms with Gasteiger partial charge >= 0.3 is 6.09 Å². The molecule has 0 heterocycles. The van der Waals surface area contributed by atoms with Crippen molar-refractivity contribution in [2.45, 2.75) is 58.2 Å². The minimum absolute atomic E-state index is 0.220. The third-order valence-corrected chi connectivity index (χ3v) is 4.66. The van der Waals surface area contributed by atoms with Crippen LogP contribution in [0, 0.1) is 0 Å². The summed E-state index contributed by atoms with van der Waals surface area (Å²) in [6.07, 6.45) is 0.203. The Bertz CT molecular complexity index is 738. The molecule has 0 spiro atoms. The monoisotopic (exact) mass is 437 g/mol. The molecule has 10 heteroatoms. The number of amides is 2. The number of nitrogens with zero attached hydrogens (tertiary/aromatic N) is 2. The lowest BCUT2D eigenvalue weighted by Crippen LogP contribution is -2.55. The predicted molar refractivity (Wildman–Crippen MR) is 120 cm³/mol. The quantitative estimate of drug-likeness (QED) is 0.152. The third kappa shape index (κ3) is 7.96. The molecular weight excluding hydrogens is 406 g/mol. The van der Waals surface area contributed by atoms with Crippen molar-refractivity contribution >= 4 is 41.3 Å². The van der Waals surface area contributed by atoms with Crippen molar-refractivity contribution in [1.82, 2.24) is 15.2 Å². The van der Waals surface area contributed by atoms with Crippen LogP contribution in [-0.2, 0) is 9.59 Å². The predicted octanol–water partition coefficient (Wildman–Crippen LogP) is 2.19. The zero-order chi connectivity index (χ0) is 22.9. The van der Waals surface area contributed by atoms with Crippen LogP contribution in [0.25, 0.3) is 0 Å². The van der Waals surface area contributed by atoms with E-state index >= 15 is 0 Å². The Kier molecular flexibility index (Phi) is 9.67. The summed E-state index contributed by atoms with van der Waals surface area (Å²) < 4.78 is 0. The second-order valence-electron chi connectivity index (χ2n) is 7.89. The van der Waals surface area contributed by atoms with Gasteiger partial charge in [-0.3, -0.25) is 9.80 Å². The molecule has 30 heavy (non-hydrogen) atoms. The van der Waals surface area contributed by atoms with Crippen LogP contribution in [0.4, 0.5) is 10.5 Å². The van der Waals surface area contributed by atoms with Crippen LogP contribution >= 0.6 is 12.2 Å². The topological polar surface area (TPSA) is 128 Å². The number of hydrogen-bond acceptors (Lipinski definition) is 5. The van der Waals surface area contributed by atoms with Gasteiger partial charge in [-0.05, 0) is 64.9 Å². The van der Waals surface area contributed by atoms with Crippen LogP contribution in [0.15, 0.2) is 30.3 Å². The van der Waals surface area contributed by atoms with Crippen LogP contribution < -0.4 is 16.5 Å². The van der Waals surface area contributed by atoms with Gasteiger partial charge in [0.05, 0.1) is 0 Å². The Balaban J connectivity index is 2.86. The van der Waals surface area contributed by atoms with Gasteiger partial charge in [0.15, 0.2) is 5.11 Å². The maximum atomic E-state index is 12.8. The van der Waals surface area contributed by atoms with E-state index in [1.165, 1.54) is 11.8 Å². The molecule has 9 nitrogen and oxygen atoms in total. The van der Waals surface area contributed by atoms with Gasteiger partial charge in [-0.15, -0.1) is 0 Å². The Labute approximate surface area is 182 Å². The number of hydrazine groups is 1. The number of nitrogens with one attached hydrogen (secondary N) is 2. The first-order valence-electron chi connectivity index (χ1n) is 9.63. The molecule has 0 aliphatic carbocycles. The number of rotatable bonds is 9. The molecule has 2 amide bonds. The minimum atomic E-state index is -1.03. The second-order valence-corrected chi connectivity index (χ2v) is 8.29. The van der Waals surface area contributed by atoms with Gasteiger partial charge in [-0.1, -0.05) is 18.2 Å². The minimum Gasteiger partial charge on any atom is -0.465 e. The Hall–Kier alpha value is -2.72. The van der Waals surface area contributed by atoms with E-state index < -0.39 is 29.6 Å². The van der Waals surface area contributed by atoms with Crippen LogP contribution in [0.3, 0.4) is 0 Å². The number of carboxylic acid groups (broad SMARTS) is 1. The van der Waals surface area contributed by atoms with Gasteiger partial charge in [0.25, 0.3) is 5.91 Å². The molecule has 0 aliphatic heterocycles. The average molecular weight is 438 g/mol. The number of carbonyl (C=O) groups is 3. The normalized spacial score (nSPS) is 13.0. The number of hydrogen-bond donors (Lipinski definition) is 4. The average Bonchev–Trinajstić information content (AvgIpc) is 2.67. The number of thiocarbonyl (C=S) groups is 1. The highest BCUT2D eigenvalue weighted by Gasteiger charge is 2.29. The Morgan fingerprint density at radius 3 is 2.37 bits per heavy atom. The molecule has 1 rings (SSSR count). The van der Waals surface area contributed by atoms with E-state index in [1.807, 2.05) is 30.3 Å². The van der Waals surface area contributed by atoms with Gasteiger partial charge < -0.3 is 25.4 Å². The molecule has 0 fully saturated rings. The van der Waals surface area contributed by atoms with Gasteiger partial charge in [0.1, 0.15) is 18.4 Å². The van der Waals surface area contributed by atoms with Crippen molar-refractivity contribution in [2.24, 2.45) is 5.84 Å². The molecule has 1 aromatic carbocycles. The van der Waals surface area contributed by atoms with E-state index in [-0.39, 0.29) is 18.1 Å². The first-order valence-corrected chi connectivity index (χ1v) is 10.0. The SMILES string of the molecule is CC(C=O)N(N)C(=O)[C@H](CCCN(C(=O)O)C(C)(C)C)NC(=S)Nc1ccccc1. The van der Waals surface area contributed by atoms with E-state index in [0.717, 1.165) is 10.7 Å². The van der Waals surface area contributed by atoms with Crippen LogP contribution in [0.1, 0.15) is 40.5 Å². The molecule has 0 saturated carbocycles. The number of benzene rings is 1. The summed E-state index contributed by atoms with van der Waals surface area (Å²) in [5.41, 5.74) is 0.173. The number of anilines is 1. The Morgan fingerprint density at radius 2 is 1.87 bits per heavy atom. The summed E-state index contributed by atoms with van der Waals surface area (Å²) in [5.74, 6) is 5.28. The molecule has 0 aromatic heterocycles. The van der Waals surface area contributed by atoms with Crippen molar-refractivity contribution in [1.29, 1.82) is 0 Å². The lowest BCUT2D eigenvalue weighted by molar-refractivity contribution is -0.138. The molecule has 0 saturated heterocycles. The number of carbonyl (C=O) groups excluding carboxylic acids is 2. The number of nitrogens with two attached hydrogens (primary N) is 1. The summed E-state index contributed by atoms with van der Waals surface area (Å²) in [4.78, 5) is 36.6. The smallest absolute Gasteiger partial charge is 0.407 e. The molecule has 0 bridgehead atoms. The second kappa shape index (κ2) is 11.5. The summed E-state index contributed by atoms with van der Waals surface area (Å²) in [7, 11) is 0. The number of para-hydroxylation sites is 1. The van der Waals surface area contributed by atoms with E-state index in [2.05, 4.69) is 10.6 Å². The zero-order valence-corrected chi connectivity index (χ0v) is 18.6. The highest BCUT2D eigenvalue weighted by atomic mass is 32.1. The van der Waals surface area contributed by atoms with Crippen molar-refractivity contribution < 1.29 is 19.5 Å². The van der Waals surface area contributed by atoms with Gasteiger partial charge in [0, 0.05) is 17.8 Å². The summed E-state index contributed by atoms with van der Waals surface area (Å²) in [6, 6.07) is 7.57. The van der Waals surface area contributed by atoms with Crippen molar-refractivity contribution in [2.75, 3.05) is 11.9 Å². The van der Waals surface area contributed by atoms with Crippen LogP contribution in [0.2, 0.25) is 0 Å². The largest absolute Gasteiger partial charge is 0.465 e. The van der Waals surface area contributed by atoms with E-state index in [4.69, 9.17) is 18.1 Å². The van der Waals surface area contributed by atoms with Crippen molar-refractivity contribution in [3.8, 4) is 0 Å². The molecule has 2 atom stereocenters. The fourth-order valence-corrected chi connectivity index (χ4v) is 2.98. The first-order chi connectivity index (χ1) is 14.0. The fourth-order valence-electron chi connectivity index (χ4n) is 2.72. The highest BCUT2D eigenvalue weighted by Crippen LogP contribution is 2.15. The summed E-state index contributed by atoms with van der Waals surface area (Å²) >= 11 is 5.31. The van der Waals surface area contributed by atoms with Crippen LogP contribution in [0.5, 0.6) is 0 Å². The van der Waals surface area contributed by atoms with Crippen LogP contribution in [-0.4, -0.2) is 62.6 Å². The maximum absolute atomic E-state index is 12.8. The van der Waals surface area contributed by atoms with E-state index in [9.17, 15) is 19.5 Å². The highest BCUT2D eigenvalue weighted by molar-refractivity contribution is 7.80. The zero-order valence-electron chi connectivity index (χ0n) is 17.8. The molecule has 5 N–H and O–H groups in total. The lowest BCUT2D eigenvalue weighted by atomic mass is 10.0. The molecule has 1 unspecified atom stereocenters. The van der Waals surface area contributed by atoms with E-state index in [1.54, 1.807) is 20.8 Å². The van der Waals surface area contributed by atoms with Gasteiger partial charge in [0.2, 0.25) is 0 Å².